The predicted molar refractivity (Wildman–Crippen MR) is 76.9 cm³/mol. The minimum Gasteiger partial charge on any atom is -0.249 e. The Kier molecular flexibility index (Phi) is 7.33. The van der Waals surface area contributed by atoms with E-state index < -0.39 is 0 Å². The van der Waals surface area contributed by atoms with Crippen LogP contribution in [0.25, 0.3) is 0 Å². The first kappa shape index (κ1) is 15.5. The second-order valence-electron chi connectivity index (χ2n) is 5.33. The van der Waals surface area contributed by atoms with E-state index in [1.807, 2.05) is 0 Å². The highest BCUT2D eigenvalue weighted by Crippen LogP contribution is 2.15. The fourth-order valence-corrected chi connectivity index (χ4v) is 2.25. The molecule has 0 N–H and O–H groups in total. The Hall–Kier alpha value is -0.570. The lowest BCUT2D eigenvalue weighted by Crippen LogP contribution is -2.07. The van der Waals surface area contributed by atoms with Gasteiger partial charge in [-0.3, -0.25) is 0 Å². The van der Waals surface area contributed by atoms with E-state index in [9.17, 15) is 0 Å². The van der Waals surface area contributed by atoms with E-state index in [4.69, 9.17) is 11.6 Å². The lowest BCUT2D eigenvalue weighted by molar-refractivity contribution is 0.496. The van der Waals surface area contributed by atoms with Gasteiger partial charge in [-0.2, -0.15) is 0 Å². The van der Waals surface area contributed by atoms with Crippen molar-refractivity contribution in [1.82, 2.24) is 15.0 Å². The van der Waals surface area contributed by atoms with Crippen LogP contribution < -0.4 is 0 Å². The van der Waals surface area contributed by atoms with Crippen LogP contribution in [0.3, 0.4) is 0 Å². The monoisotopic (exact) mass is 271 g/mol. The van der Waals surface area contributed by atoms with Gasteiger partial charge in [-0.15, -0.1) is 16.7 Å². The standard InChI is InChI=1S/C14H26ClN3/c1-4-5-6-7-10-18-14(9-8-12(2)3)13(11-15)16-17-18/h12H,4-11H2,1-3H3. The molecule has 0 aliphatic heterocycles. The Morgan fingerprint density at radius 2 is 2.00 bits per heavy atom. The molecule has 1 aromatic heterocycles. The summed E-state index contributed by atoms with van der Waals surface area (Å²) in [6.07, 6.45) is 7.25. The fourth-order valence-electron chi connectivity index (χ4n) is 2.04. The van der Waals surface area contributed by atoms with Crippen LogP contribution in [0.2, 0.25) is 0 Å². The Morgan fingerprint density at radius 3 is 2.61 bits per heavy atom. The van der Waals surface area contributed by atoms with Gasteiger partial charge in [0.25, 0.3) is 0 Å². The van der Waals surface area contributed by atoms with Crippen LogP contribution in [0, 0.1) is 5.92 Å². The number of rotatable bonds is 9. The molecular formula is C14H26ClN3. The largest absolute Gasteiger partial charge is 0.249 e. The van der Waals surface area contributed by atoms with Crippen molar-refractivity contribution >= 4 is 11.6 Å². The maximum Gasteiger partial charge on any atom is 0.101 e. The Morgan fingerprint density at radius 1 is 1.22 bits per heavy atom. The molecule has 4 heteroatoms. The number of nitrogens with zero attached hydrogens (tertiary/aromatic N) is 3. The summed E-state index contributed by atoms with van der Waals surface area (Å²) < 4.78 is 2.07. The Balaban J connectivity index is 2.56. The number of hydrogen-bond donors (Lipinski definition) is 0. The summed E-state index contributed by atoms with van der Waals surface area (Å²) in [7, 11) is 0. The van der Waals surface area contributed by atoms with Gasteiger partial charge in [-0.1, -0.05) is 45.2 Å². The highest BCUT2D eigenvalue weighted by atomic mass is 35.5. The number of unbranched alkanes of at least 4 members (excludes halogenated alkanes) is 3. The summed E-state index contributed by atoms with van der Waals surface area (Å²) in [5, 5.41) is 8.44. The minimum absolute atomic E-state index is 0.475. The smallest absolute Gasteiger partial charge is 0.101 e. The zero-order chi connectivity index (χ0) is 13.4. The van der Waals surface area contributed by atoms with Crippen molar-refractivity contribution in [3.63, 3.8) is 0 Å². The third kappa shape index (κ3) is 4.97. The van der Waals surface area contributed by atoms with Crippen molar-refractivity contribution < 1.29 is 0 Å². The van der Waals surface area contributed by atoms with Gasteiger partial charge < -0.3 is 0 Å². The molecule has 0 amide bonds. The molecule has 0 aromatic carbocycles. The summed E-state index contributed by atoms with van der Waals surface area (Å²) >= 11 is 5.93. The summed E-state index contributed by atoms with van der Waals surface area (Å²) in [5.74, 6) is 1.18. The molecule has 1 heterocycles. The summed E-state index contributed by atoms with van der Waals surface area (Å²) in [6, 6.07) is 0. The number of aromatic nitrogens is 3. The van der Waals surface area contributed by atoms with Gasteiger partial charge >= 0.3 is 0 Å². The predicted octanol–water partition coefficient (Wildman–Crippen LogP) is 4.19. The van der Waals surface area contributed by atoms with Crippen LogP contribution in [0.15, 0.2) is 0 Å². The fraction of sp³-hybridized carbons (Fsp3) is 0.857. The quantitative estimate of drug-likeness (QED) is 0.498. The minimum atomic E-state index is 0.475. The number of alkyl halides is 1. The van der Waals surface area contributed by atoms with E-state index in [1.54, 1.807) is 0 Å². The van der Waals surface area contributed by atoms with Crippen molar-refractivity contribution in [3.8, 4) is 0 Å². The second kappa shape index (κ2) is 8.52. The molecule has 0 atom stereocenters. The summed E-state index contributed by atoms with van der Waals surface area (Å²) in [4.78, 5) is 0. The first-order chi connectivity index (χ1) is 8.69. The van der Waals surface area contributed by atoms with Gasteiger partial charge in [0.15, 0.2) is 0 Å². The molecule has 18 heavy (non-hydrogen) atoms. The Labute approximate surface area is 116 Å². The van der Waals surface area contributed by atoms with E-state index in [2.05, 4.69) is 35.8 Å². The van der Waals surface area contributed by atoms with E-state index in [0.29, 0.717) is 11.8 Å². The van der Waals surface area contributed by atoms with Crippen molar-refractivity contribution in [2.75, 3.05) is 0 Å². The molecule has 104 valence electrons. The first-order valence-electron chi connectivity index (χ1n) is 7.16. The summed E-state index contributed by atoms with van der Waals surface area (Å²) in [6.45, 7) is 7.71. The second-order valence-corrected chi connectivity index (χ2v) is 5.60. The van der Waals surface area contributed by atoms with Crippen molar-refractivity contribution in [2.24, 2.45) is 5.92 Å². The highest BCUT2D eigenvalue weighted by molar-refractivity contribution is 6.16. The van der Waals surface area contributed by atoms with Crippen LogP contribution in [0.4, 0.5) is 0 Å². The van der Waals surface area contributed by atoms with E-state index in [-0.39, 0.29) is 0 Å². The van der Waals surface area contributed by atoms with Crippen LogP contribution in [0.1, 0.15) is 64.3 Å². The normalized spacial score (nSPS) is 11.4. The average molecular weight is 272 g/mol. The van der Waals surface area contributed by atoms with E-state index >= 15 is 0 Å². The molecule has 0 bridgehead atoms. The van der Waals surface area contributed by atoms with Gasteiger partial charge in [-0.25, -0.2) is 4.68 Å². The summed E-state index contributed by atoms with van der Waals surface area (Å²) in [5.41, 5.74) is 2.21. The topological polar surface area (TPSA) is 30.7 Å². The molecule has 0 aliphatic rings. The molecule has 0 spiro atoms. The van der Waals surface area contributed by atoms with Crippen LogP contribution in [-0.2, 0) is 18.8 Å². The van der Waals surface area contributed by atoms with Crippen molar-refractivity contribution in [3.05, 3.63) is 11.4 Å². The average Bonchev–Trinajstić information content (AvgIpc) is 2.74. The lowest BCUT2D eigenvalue weighted by Gasteiger charge is -2.09. The van der Waals surface area contributed by atoms with Gasteiger partial charge in [-0.05, 0) is 25.2 Å². The number of halogens is 1. The van der Waals surface area contributed by atoms with Crippen molar-refractivity contribution in [1.29, 1.82) is 0 Å². The van der Waals surface area contributed by atoms with E-state index in [1.165, 1.54) is 37.8 Å². The molecule has 1 rings (SSSR count). The first-order valence-corrected chi connectivity index (χ1v) is 7.69. The molecule has 0 radical (unpaired) electrons. The third-order valence-corrected chi connectivity index (χ3v) is 3.48. The van der Waals surface area contributed by atoms with E-state index in [0.717, 1.165) is 18.7 Å². The molecule has 3 nitrogen and oxygen atoms in total. The molecule has 1 aromatic rings. The van der Waals surface area contributed by atoms with Crippen LogP contribution >= 0.6 is 11.6 Å². The third-order valence-electron chi connectivity index (χ3n) is 3.23. The van der Waals surface area contributed by atoms with Crippen LogP contribution in [-0.4, -0.2) is 15.0 Å². The van der Waals surface area contributed by atoms with Crippen LogP contribution in [0.5, 0.6) is 0 Å². The molecule has 0 aliphatic carbocycles. The lowest BCUT2D eigenvalue weighted by atomic mass is 10.1. The van der Waals surface area contributed by atoms with Crippen molar-refractivity contribution in [2.45, 2.75) is 71.7 Å². The maximum atomic E-state index is 5.93. The highest BCUT2D eigenvalue weighted by Gasteiger charge is 2.12. The molecule has 0 fully saturated rings. The number of hydrogen-bond acceptors (Lipinski definition) is 2. The van der Waals surface area contributed by atoms with Gasteiger partial charge in [0.05, 0.1) is 11.6 Å². The zero-order valence-electron chi connectivity index (χ0n) is 12.0. The Bertz CT molecular complexity index is 334. The maximum absolute atomic E-state index is 5.93. The zero-order valence-corrected chi connectivity index (χ0v) is 12.7. The molecule has 0 unspecified atom stereocenters. The molecule has 0 saturated carbocycles. The van der Waals surface area contributed by atoms with Gasteiger partial charge in [0.1, 0.15) is 5.69 Å². The number of aryl methyl sites for hydroxylation is 1. The molecule has 0 saturated heterocycles. The van der Waals surface area contributed by atoms with Gasteiger partial charge in [0, 0.05) is 6.54 Å². The SMILES string of the molecule is CCCCCCn1nnc(CCl)c1CCC(C)C. The van der Waals surface area contributed by atoms with Gasteiger partial charge in [0.2, 0.25) is 0 Å². The molecular weight excluding hydrogens is 246 g/mol.